The highest BCUT2D eigenvalue weighted by atomic mass is 35.5. The molecule has 0 aliphatic carbocycles. The first-order valence-corrected chi connectivity index (χ1v) is 8.85. The molecule has 2 aromatic rings. The van der Waals surface area contributed by atoms with Gasteiger partial charge in [-0.25, -0.2) is 0 Å². The van der Waals surface area contributed by atoms with Crippen LogP contribution in [0.4, 0.5) is 5.69 Å². The highest BCUT2D eigenvalue weighted by molar-refractivity contribution is 6.39. The van der Waals surface area contributed by atoms with E-state index < -0.39 is 5.92 Å². The topological polar surface area (TPSA) is 49.4 Å². The van der Waals surface area contributed by atoms with Crippen molar-refractivity contribution in [3.8, 4) is 0 Å². The molecule has 1 atom stereocenters. The molecule has 1 aliphatic rings. The van der Waals surface area contributed by atoms with Gasteiger partial charge in [-0.05, 0) is 23.8 Å². The Morgan fingerprint density at radius 3 is 2.36 bits per heavy atom. The molecular formula is C18H15Cl3N2O2. The number of carbonyl (C=O) groups is 2. The van der Waals surface area contributed by atoms with Gasteiger partial charge >= 0.3 is 0 Å². The fourth-order valence-electron chi connectivity index (χ4n) is 2.78. The van der Waals surface area contributed by atoms with Crippen molar-refractivity contribution in [2.24, 2.45) is 5.92 Å². The number of nitrogens with one attached hydrogen (secondary N) is 1. The van der Waals surface area contributed by atoms with Crippen LogP contribution >= 0.6 is 34.8 Å². The Labute approximate surface area is 160 Å². The Morgan fingerprint density at radius 2 is 1.68 bits per heavy atom. The lowest BCUT2D eigenvalue weighted by Gasteiger charge is -2.17. The molecule has 7 heteroatoms. The molecule has 1 unspecified atom stereocenters. The van der Waals surface area contributed by atoms with Crippen LogP contribution < -0.4 is 5.32 Å². The van der Waals surface area contributed by atoms with Crippen molar-refractivity contribution in [2.75, 3.05) is 11.9 Å². The van der Waals surface area contributed by atoms with Gasteiger partial charge in [0.15, 0.2) is 0 Å². The average molecular weight is 398 g/mol. The van der Waals surface area contributed by atoms with Crippen molar-refractivity contribution in [3.05, 3.63) is 63.1 Å². The summed E-state index contributed by atoms with van der Waals surface area (Å²) < 4.78 is 0. The van der Waals surface area contributed by atoms with Crippen LogP contribution in [0.25, 0.3) is 0 Å². The second-order valence-electron chi connectivity index (χ2n) is 5.85. The Bertz CT molecular complexity index is 805. The number of hydrogen-bond acceptors (Lipinski definition) is 2. The summed E-state index contributed by atoms with van der Waals surface area (Å²) in [6, 6.07) is 12.3. The maximum absolute atomic E-state index is 12.5. The summed E-state index contributed by atoms with van der Waals surface area (Å²) in [6.07, 6.45) is 0.151. The molecule has 130 valence electrons. The number of hydrogen-bond donors (Lipinski definition) is 1. The smallest absolute Gasteiger partial charge is 0.229 e. The van der Waals surface area contributed by atoms with Crippen LogP contribution in [0, 0.1) is 5.92 Å². The minimum Gasteiger partial charge on any atom is -0.337 e. The standard InChI is InChI=1S/C18H15Cl3N2O2/c19-13-5-2-1-4-11(13)9-23-10-12(8-16(23)24)18(25)22-17-14(20)6-3-7-15(17)21/h1-7,12H,8-10H2,(H,22,25). The van der Waals surface area contributed by atoms with Gasteiger partial charge in [-0.1, -0.05) is 59.1 Å². The molecule has 0 spiro atoms. The molecule has 1 fully saturated rings. The van der Waals surface area contributed by atoms with Crippen LogP contribution in [-0.2, 0) is 16.1 Å². The van der Waals surface area contributed by atoms with Gasteiger partial charge < -0.3 is 10.2 Å². The summed E-state index contributed by atoms with van der Waals surface area (Å²) in [5.41, 5.74) is 1.22. The third kappa shape index (κ3) is 4.09. The van der Waals surface area contributed by atoms with Gasteiger partial charge in [0.25, 0.3) is 0 Å². The summed E-state index contributed by atoms with van der Waals surface area (Å²) >= 11 is 18.3. The minimum absolute atomic E-state index is 0.0784. The van der Waals surface area contributed by atoms with Crippen molar-refractivity contribution in [1.29, 1.82) is 0 Å². The predicted molar refractivity (Wildman–Crippen MR) is 100 cm³/mol. The first kappa shape index (κ1) is 18.1. The molecule has 4 nitrogen and oxygen atoms in total. The second kappa shape index (κ2) is 7.65. The molecule has 2 amide bonds. The Hall–Kier alpha value is -1.75. The van der Waals surface area contributed by atoms with Gasteiger partial charge in [0, 0.05) is 24.5 Å². The maximum atomic E-state index is 12.5. The largest absolute Gasteiger partial charge is 0.337 e. The molecule has 0 aromatic heterocycles. The normalized spacial score (nSPS) is 17.0. The third-order valence-corrected chi connectivity index (χ3v) is 5.11. The van der Waals surface area contributed by atoms with E-state index in [-0.39, 0.29) is 18.2 Å². The molecule has 0 bridgehead atoms. The van der Waals surface area contributed by atoms with E-state index in [0.29, 0.717) is 33.8 Å². The van der Waals surface area contributed by atoms with Crippen LogP contribution in [-0.4, -0.2) is 23.3 Å². The van der Waals surface area contributed by atoms with E-state index in [1.54, 1.807) is 29.2 Å². The van der Waals surface area contributed by atoms with E-state index in [1.165, 1.54) is 0 Å². The molecule has 0 saturated carbocycles. The highest BCUT2D eigenvalue weighted by Crippen LogP contribution is 2.31. The van der Waals surface area contributed by atoms with E-state index in [0.717, 1.165) is 5.56 Å². The molecule has 1 aliphatic heterocycles. The average Bonchev–Trinajstić information content (AvgIpc) is 2.94. The van der Waals surface area contributed by atoms with E-state index >= 15 is 0 Å². The summed E-state index contributed by atoms with van der Waals surface area (Å²) in [7, 11) is 0. The van der Waals surface area contributed by atoms with Gasteiger partial charge in [0.1, 0.15) is 0 Å². The van der Waals surface area contributed by atoms with Gasteiger partial charge in [-0.3, -0.25) is 9.59 Å². The first-order valence-electron chi connectivity index (χ1n) is 7.71. The number of benzene rings is 2. The zero-order valence-electron chi connectivity index (χ0n) is 13.1. The number of para-hydroxylation sites is 1. The second-order valence-corrected chi connectivity index (χ2v) is 7.07. The van der Waals surface area contributed by atoms with E-state index in [1.807, 2.05) is 18.2 Å². The molecule has 1 saturated heterocycles. The first-order chi connectivity index (χ1) is 12.0. The van der Waals surface area contributed by atoms with Crippen LogP contribution in [0.3, 0.4) is 0 Å². The summed E-state index contributed by atoms with van der Waals surface area (Å²) in [5, 5.41) is 4.05. The number of rotatable bonds is 4. The summed E-state index contributed by atoms with van der Waals surface area (Å²) in [4.78, 5) is 26.4. The van der Waals surface area contributed by atoms with Crippen molar-refractivity contribution >= 4 is 52.3 Å². The zero-order chi connectivity index (χ0) is 18.0. The van der Waals surface area contributed by atoms with E-state index in [2.05, 4.69) is 5.32 Å². The van der Waals surface area contributed by atoms with Crippen LogP contribution in [0.5, 0.6) is 0 Å². The number of nitrogens with zero attached hydrogens (tertiary/aromatic N) is 1. The van der Waals surface area contributed by atoms with E-state index in [4.69, 9.17) is 34.8 Å². The Morgan fingerprint density at radius 1 is 1.04 bits per heavy atom. The van der Waals surface area contributed by atoms with Crippen molar-refractivity contribution in [1.82, 2.24) is 4.90 Å². The third-order valence-electron chi connectivity index (χ3n) is 4.12. The lowest BCUT2D eigenvalue weighted by atomic mass is 10.1. The van der Waals surface area contributed by atoms with Crippen LogP contribution in [0.2, 0.25) is 15.1 Å². The zero-order valence-corrected chi connectivity index (χ0v) is 15.4. The molecule has 25 heavy (non-hydrogen) atoms. The SMILES string of the molecule is O=C(Nc1c(Cl)cccc1Cl)C1CC(=O)N(Cc2ccccc2Cl)C1. The summed E-state index contributed by atoms with van der Waals surface area (Å²) in [6.45, 7) is 0.715. The van der Waals surface area contributed by atoms with Crippen LogP contribution in [0.15, 0.2) is 42.5 Å². The maximum Gasteiger partial charge on any atom is 0.229 e. The Kier molecular flexibility index (Phi) is 5.52. The van der Waals surface area contributed by atoms with E-state index in [9.17, 15) is 9.59 Å². The fourth-order valence-corrected chi connectivity index (χ4v) is 3.46. The number of carbonyl (C=O) groups excluding carboxylic acids is 2. The lowest BCUT2D eigenvalue weighted by molar-refractivity contribution is -0.128. The van der Waals surface area contributed by atoms with Crippen molar-refractivity contribution in [3.63, 3.8) is 0 Å². The lowest BCUT2D eigenvalue weighted by Crippen LogP contribution is -2.28. The quantitative estimate of drug-likeness (QED) is 0.817. The fraction of sp³-hybridized carbons (Fsp3) is 0.222. The Balaban J connectivity index is 1.68. The summed E-state index contributed by atoms with van der Waals surface area (Å²) in [5.74, 6) is -0.808. The van der Waals surface area contributed by atoms with Gasteiger partial charge in [-0.2, -0.15) is 0 Å². The molecule has 2 aromatic carbocycles. The van der Waals surface area contributed by atoms with Gasteiger partial charge in [0.2, 0.25) is 11.8 Å². The molecule has 0 radical (unpaired) electrons. The van der Waals surface area contributed by atoms with Gasteiger partial charge in [-0.15, -0.1) is 0 Å². The molecule has 1 N–H and O–H groups in total. The molecular weight excluding hydrogens is 383 g/mol. The van der Waals surface area contributed by atoms with Crippen molar-refractivity contribution in [2.45, 2.75) is 13.0 Å². The molecule has 1 heterocycles. The number of amides is 2. The predicted octanol–water partition coefficient (Wildman–Crippen LogP) is 4.63. The monoisotopic (exact) mass is 396 g/mol. The number of halogens is 3. The van der Waals surface area contributed by atoms with Crippen LogP contribution in [0.1, 0.15) is 12.0 Å². The van der Waals surface area contributed by atoms with Crippen molar-refractivity contribution < 1.29 is 9.59 Å². The van der Waals surface area contributed by atoms with Gasteiger partial charge in [0.05, 0.1) is 21.7 Å². The minimum atomic E-state index is -0.456. The number of likely N-dealkylation sites (tertiary alicyclic amines) is 1. The molecule has 3 rings (SSSR count). The highest BCUT2D eigenvalue weighted by Gasteiger charge is 2.34. The number of anilines is 1.